The van der Waals surface area contributed by atoms with Crippen molar-refractivity contribution in [2.24, 2.45) is 10.8 Å². The van der Waals surface area contributed by atoms with Crippen LogP contribution in [0.2, 0.25) is 0 Å². The topological polar surface area (TPSA) is 58.9 Å². The third-order valence-corrected chi connectivity index (χ3v) is 4.80. The van der Waals surface area contributed by atoms with Crippen LogP contribution in [0.15, 0.2) is 50.0 Å². The summed E-state index contributed by atoms with van der Waals surface area (Å²) < 4.78 is 10.6. The maximum Gasteiger partial charge on any atom is 0.0964 e. The molecule has 0 saturated carbocycles. The summed E-state index contributed by atoms with van der Waals surface area (Å²) in [6, 6.07) is 0. The molecule has 0 saturated heterocycles. The van der Waals surface area contributed by atoms with Crippen molar-refractivity contribution < 1.29 is 19.7 Å². The van der Waals surface area contributed by atoms with Crippen LogP contribution in [-0.4, -0.2) is 36.6 Å². The Kier molecular flexibility index (Phi) is 20.7. The van der Waals surface area contributed by atoms with Gasteiger partial charge < -0.3 is 19.7 Å². The van der Waals surface area contributed by atoms with Crippen LogP contribution in [0.4, 0.5) is 0 Å². The van der Waals surface area contributed by atoms with E-state index in [0.29, 0.717) is 13.2 Å². The average Bonchev–Trinajstić information content (AvgIpc) is 2.74. The summed E-state index contributed by atoms with van der Waals surface area (Å²) >= 11 is 4.24. The quantitative estimate of drug-likeness (QED) is 0.181. The summed E-state index contributed by atoms with van der Waals surface area (Å²) in [4.78, 5) is 0. The van der Waals surface area contributed by atoms with Gasteiger partial charge in [-0.05, 0) is 38.5 Å². The van der Waals surface area contributed by atoms with Gasteiger partial charge in [-0.3, -0.25) is 0 Å². The monoisotopic (exact) mass is 718 g/mol. The third kappa shape index (κ3) is 12.1. The summed E-state index contributed by atoms with van der Waals surface area (Å²) in [6.07, 6.45) is 17.5. The Morgan fingerprint density at radius 1 is 0.815 bits per heavy atom. The summed E-state index contributed by atoms with van der Waals surface area (Å²) in [6.45, 7) is 8.67. The number of halogens is 3. The van der Waals surface area contributed by atoms with Crippen molar-refractivity contribution in [1.29, 1.82) is 0 Å². The molecule has 0 spiro atoms. The van der Waals surface area contributed by atoms with Gasteiger partial charge in [0.15, 0.2) is 0 Å². The van der Waals surface area contributed by atoms with E-state index in [0.717, 1.165) is 38.5 Å². The molecule has 0 heterocycles. The number of rotatable bonds is 8. The molecule has 4 nitrogen and oxygen atoms in total. The Bertz CT molecular complexity index is 423. The second kappa shape index (κ2) is 18.7. The van der Waals surface area contributed by atoms with Crippen molar-refractivity contribution in [2.45, 2.75) is 38.5 Å². The van der Waals surface area contributed by atoms with Gasteiger partial charge >= 0.3 is 0 Å². The first kappa shape index (κ1) is 29.9. The highest BCUT2D eigenvalue weighted by molar-refractivity contribution is 15.0. The molecule has 2 aliphatic rings. The van der Waals surface area contributed by atoms with Crippen LogP contribution < -0.4 is 0 Å². The van der Waals surface area contributed by atoms with Crippen molar-refractivity contribution in [3.63, 3.8) is 0 Å². The first-order valence-corrected chi connectivity index (χ1v) is 15.1. The van der Waals surface area contributed by atoms with Crippen LogP contribution in [-0.2, 0) is 9.47 Å². The van der Waals surface area contributed by atoms with Crippen LogP contribution in [0.5, 0.6) is 0 Å². The zero-order valence-corrected chi connectivity index (χ0v) is 22.5. The van der Waals surface area contributed by atoms with Crippen LogP contribution in [0.3, 0.4) is 0 Å². The van der Waals surface area contributed by atoms with E-state index < -0.39 is 0 Å². The molecule has 0 aromatic carbocycles. The Balaban J connectivity index is 0. The fourth-order valence-corrected chi connectivity index (χ4v) is 3.00. The molecule has 0 aliphatic heterocycles. The lowest BCUT2D eigenvalue weighted by molar-refractivity contribution is 0.0318. The summed E-state index contributed by atoms with van der Waals surface area (Å²) in [7, 11) is 0. The van der Waals surface area contributed by atoms with E-state index in [2.05, 4.69) is 68.6 Å². The summed E-state index contributed by atoms with van der Waals surface area (Å²) in [5.74, 6) is 0. The van der Waals surface area contributed by atoms with Gasteiger partial charge in [-0.25, -0.2) is 0 Å². The van der Waals surface area contributed by atoms with Crippen LogP contribution >= 0.6 is 61.2 Å². The number of hydrogen-bond acceptors (Lipinski definition) is 4. The number of aliphatic hydroxyl groups excluding tert-OH is 2. The van der Waals surface area contributed by atoms with Crippen LogP contribution in [0.1, 0.15) is 38.5 Å². The maximum atomic E-state index is 8.95. The van der Waals surface area contributed by atoms with Crippen molar-refractivity contribution in [1.82, 2.24) is 0 Å². The van der Waals surface area contributed by atoms with Gasteiger partial charge in [0.25, 0.3) is 0 Å². The van der Waals surface area contributed by atoms with E-state index in [4.69, 9.17) is 19.7 Å². The predicted octanol–water partition coefficient (Wildman–Crippen LogP) is 6.12. The SMILES string of the molecule is C=COCC1(COC=C)CC=CCC1.I.II.OCC1(CO)CC=CCC1. The molecule has 0 fully saturated rings. The Morgan fingerprint density at radius 3 is 1.48 bits per heavy atom. The summed E-state index contributed by atoms with van der Waals surface area (Å²) in [5.41, 5.74) is -0.105. The highest BCUT2D eigenvalue weighted by Gasteiger charge is 2.31. The van der Waals surface area contributed by atoms with Gasteiger partial charge in [-0.1, -0.05) is 37.5 Å². The average molecular weight is 718 g/mol. The van der Waals surface area contributed by atoms with E-state index in [1.807, 2.05) is 6.08 Å². The fraction of sp³-hybridized carbons (Fsp3) is 0.600. The van der Waals surface area contributed by atoms with Gasteiger partial charge in [-0.2, -0.15) is 0 Å². The van der Waals surface area contributed by atoms with E-state index in [9.17, 15) is 0 Å². The number of ether oxygens (including phenoxy) is 2. The van der Waals surface area contributed by atoms with E-state index in [-0.39, 0.29) is 48.0 Å². The highest BCUT2D eigenvalue weighted by Crippen LogP contribution is 2.33. The molecule has 0 unspecified atom stereocenters. The lowest BCUT2D eigenvalue weighted by atomic mass is 9.78. The zero-order chi connectivity index (χ0) is 19.7. The number of hydrogen-bond donors (Lipinski definition) is 2. The largest absolute Gasteiger partial charge is 0.501 e. The van der Waals surface area contributed by atoms with Gasteiger partial charge in [-0.15, -0.1) is 24.0 Å². The smallest absolute Gasteiger partial charge is 0.0964 e. The van der Waals surface area contributed by atoms with Crippen molar-refractivity contribution in [2.75, 3.05) is 26.4 Å². The van der Waals surface area contributed by atoms with Crippen LogP contribution in [0, 0.1) is 10.8 Å². The third-order valence-electron chi connectivity index (χ3n) is 4.80. The van der Waals surface area contributed by atoms with Gasteiger partial charge in [0.2, 0.25) is 0 Å². The van der Waals surface area contributed by atoms with E-state index >= 15 is 0 Å². The Hall–Kier alpha value is 0.670. The summed E-state index contributed by atoms with van der Waals surface area (Å²) in [5, 5.41) is 17.9. The number of allylic oxidation sites excluding steroid dienone is 4. The standard InChI is InChI=1S/C12H18O2.C8H14O2.I2.HI/c1-3-13-10-12(11-14-4-2)8-6-5-7-9-12;9-6-8(7-10)4-2-1-3-5-8;1-2;/h3-6H,1-2,7-11H2;1-2,9-10H,3-7H2;;1H. The molecule has 2 N–H and O–H groups in total. The molecule has 0 atom stereocenters. The van der Waals surface area contributed by atoms with Crippen molar-refractivity contribution in [3.05, 3.63) is 50.0 Å². The molecule has 2 aliphatic carbocycles. The van der Waals surface area contributed by atoms with Crippen molar-refractivity contribution in [3.8, 4) is 0 Å². The number of aliphatic hydroxyl groups is 2. The van der Waals surface area contributed by atoms with E-state index in [1.165, 1.54) is 12.5 Å². The Labute approximate surface area is 204 Å². The fourth-order valence-electron chi connectivity index (χ4n) is 3.00. The van der Waals surface area contributed by atoms with Gasteiger partial charge in [0.1, 0.15) is 0 Å². The maximum absolute atomic E-state index is 8.95. The minimum Gasteiger partial charge on any atom is -0.501 e. The normalized spacial score (nSPS) is 18.4. The zero-order valence-electron chi connectivity index (χ0n) is 15.8. The van der Waals surface area contributed by atoms with Crippen molar-refractivity contribution >= 4 is 61.2 Å². The second-order valence-electron chi connectivity index (χ2n) is 6.70. The second-order valence-corrected chi connectivity index (χ2v) is 6.70. The molecule has 0 radical (unpaired) electrons. The molecular formula is C20H33I3O4. The first-order valence-electron chi connectivity index (χ1n) is 8.77. The predicted molar refractivity (Wildman–Crippen MR) is 141 cm³/mol. The molecule has 0 aromatic rings. The minimum atomic E-state index is -0.214. The Morgan fingerprint density at radius 2 is 1.22 bits per heavy atom. The molecule has 0 bridgehead atoms. The minimum absolute atomic E-state index is 0. The lowest BCUT2D eigenvalue weighted by Crippen LogP contribution is -2.32. The molecule has 2 rings (SSSR count). The molecular weight excluding hydrogens is 685 g/mol. The van der Waals surface area contributed by atoms with Crippen LogP contribution in [0.25, 0.3) is 0 Å². The molecule has 0 amide bonds. The molecule has 7 heteroatoms. The lowest BCUT2D eigenvalue weighted by Gasteiger charge is -2.33. The van der Waals surface area contributed by atoms with E-state index in [1.54, 1.807) is 0 Å². The first-order chi connectivity index (χ1) is 12.7. The van der Waals surface area contributed by atoms with Gasteiger partial charge in [0.05, 0.1) is 39.0 Å². The van der Waals surface area contributed by atoms with Gasteiger partial charge in [0, 0.05) is 48.1 Å². The molecule has 0 aromatic heterocycles. The molecule has 158 valence electrons. The highest BCUT2D eigenvalue weighted by atomic mass is 128. The molecule has 27 heavy (non-hydrogen) atoms.